The lowest BCUT2D eigenvalue weighted by Gasteiger charge is -2.03. The second-order valence-corrected chi connectivity index (χ2v) is 3.77. The summed E-state index contributed by atoms with van der Waals surface area (Å²) in [5.74, 6) is -0.257. The third-order valence-electron chi connectivity index (χ3n) is 2.37. The van der Waals surface area contributed by atoms with E-state index in [0.717, 1.165) is 5.56 Å². The van der Waals surface area contributed by atoms with E-state index in [1.54, 1.807) is 13.2 Å². The quantitative estimate of drug-likeness (QED) is 0.824. The summed E-state index contributed by atoms with van der Waals surface area (Å²) < 4.78 is 1.52. The highest BCUT2D eigenvalue weighted by Crippen LogP contribution is 2.08. The van der Waals surface area contributed by atoms with Gasteiger partial charge in [0.05, 0.1) is 5.69 Å². The zero-order valence-electron chi connectivity index (χ0n) is 9.55. The Morgan fingerprint density at radius 3 is 2.71 bits per heavy atom. The van der Waals surface area contributed by atoms with Gasteiger partial charge < -0.3 is 11.1 Å². The molecule has 0 unspecified atom stereocenters. The van der Waals surface area contributed by atoms with Crippen LogP contribution in [0.1, 0.15) is 16.1 Å². The molecular formula is C12H14N4O. The van der Waals surface area contributed by atoms with Crippen molar-refractivity contribution in [1.29, 1.82) is 0 Å². The molecule has 1 aromatic heterocycles. The summed E-state index contributed by atoms with van der Waals surface area (Å²) in [6.07, 6.45) is 1.61. The Kier molecular flexibility index (Phi) is 3.09. The van der Waals surface area contributed by atoms with E-state index in [1.807, 2.05) is 30.3 Å². The van der Waals surface area contributed by atoms with Gasteiger partial charge in [-0.3, -0.25) is 9.48 Å². The first-order chi connectivity index (χ1) is 8.16. The number of aromatic nitrogens is 2. The Morgan fingerprint density at radius 1 is 1.41 bits per heavy atom. The number of carbonyl (C=O) groups is 1. The van der Waals surface area contributed by atoms with Crippen molar-refractivity contribution in [2.75, 3.05) is 5.73 Å². The number of hydrogen-bond donors (Lipinski definition) is 2. The number of nitrogens with two attached hydrogens (primary N) is 1. The Labute approximate surface area is 99.2 Å². The number of nitrogen functional groups attached to an aromatic ring is 1. The molecule has 0 bridgehead atoms. The largest absolute Gasteiger partial charge is 0.396 e. The molecule has 0 aliphatic heterocycles. The number of rotatable bonds is 3. The number of carbonyl (C=O) groups excluding carboxylic acids is 1. The van der Waals surface area contributed by atoms with Crippen LogP contribution in [0.2, 0.25) is 0 Å². The Bertz CT molecular complexity index is 519. The van der Waals surface area contributed by atoms with Gasteiger partial charge in [-0.15, -0.1) is 0 Å². The molecule has 0 radical (unpaired) electrons. The van der Waals surface area contributed by atoms with E-state index in [-0.39, 0.29) is 11.6 Å². The first-order valence-electron chi connectivity index (χ1n) is 5.28. The fourth-order valence-electron chi connectivity index (χ4n) is 1.55. The highest BCUT2D eigenvalue weighted by atomic mass is 16.1. The Balaban J connectivity index is 2.01. The van der Waals surface area contributed by atoms with Crippen LogP contribution in [0.5, 0.6) is 0 Å². The highest BCUT2D eigenvalue weighted by molar-refractivity contribution is 5.96. The van der Waals surface area contributed by atoms with Gasteiger partial charge in [0, 0.05) is 19.8 Å². The predicted molar refractivity (Wildman–Crippen MR) is 65.2 cm³/mol. The maximum absolute atomic E-state index is 11.8. The van der Waals surface area contributed by atoms with Crippen LogP contribution in [0.4, 0.5) is 5.69 Å². The van der Waals surface area contributed by atoms with E-state index in [1.165, 1.54) is 4.68 Å². The predicted octanol–water partition coefficient (Wildman–Crippen LogP) is 0.932. The van der Waals surface area contributed by atoms with Crippen molar-refractivity contribution in [3.63, 3.8) is 0 Å². The van der Waals surface area contributed by atoms with Crippen molar-refractivity contribution in [3.8, 4) is 0 Å². The summed E-state index contributed by atoms with van der Waals surface area (Å²) >= 11 is 0. The van der Waals surface area contributed by atoms with Gasteiger partial charge in [0.1, 0.15) is 0 Å². The number of aryl methyl sites for hydroxylation is 1. The number of anilines is 1. The molecule has 2 rings (SSSR count). The third-order valence-corrected chi connectivity index (χ3v) is 2.37. The summed E-state index contributed by atoms with van der Waals surface area (Å²) in [5.41, 5.74) is 7.36. The van der Waals surface area contributed by atoms with Crippen molar-refractivity contribution in [3.05, 3.63) is 47.8 Å². The summed E-state index contributed by atoms with van der Waals surface area (Å²) in [7, 11) is 1.73. The van der Waals surface area contributed by atoms with Crippen LogP contribution < -0.4 is 11.1 Å². The van der Waals surface area contributed by atoms with Crippen molar-refractivity contribution >= 4 is 11.6 Å². The first-order valence-corrected chi connectivity index (χ1v) is 5.28. The van der Waals surface area contributed by atoms with Gasteiger partial charge in [-0.1, -0.05) is 30.3 Å². The fourth-order valence-corrected chi connectivity index (χ4v) is 1.55. The van der Waals surface area contributed by atoms with Crippen LogP contribution >= 0.6 is 0 Å². The number of hydrogen-bond acceptors (Lipinski definition) is 3. The van der Waals surface area contributed by atoms with Gasteiger partial charge >= 0.3 is 0 Å². The second kappa shape index (κ2) is 4.69. The van der Waals surface area contributed by atoms with E-state index in [4.69, 9.17) is 5.73 Å². The topological polar surface area (TPSA) is 72.9 Å². The number of nitrogens with zero attached hydrogens (tertiary/aromatic N) is 2. The number of amides is 1. The van der Waals surface area contributed by atoms with Crippen LogP contribution in [0.3, 0.4) is 0 Å². The zero-order chi connectivity index (χ0) is 12.3. The van der Waals surface area contributed by atoms with E-state index in [2.05, 4.69) is 10.4 Å². The van der Waals surface area contributed by atoms with E-state index >= 15 is 0 Å². The zero-order valence-corrected chi connectivity index (χ0v) is 9.55. The van der Waals surface area contributed by atoms with Crippen LogP contribution in [-0.2, 0) is 13.6 Å². The maximum Gasteiger partial charge on any atom is 0.274 e. The number of benzene rings is 1. The van der Waals surface area contributed by atoms with Crippen molar-refractivity contribution in [2.45, 2.75) is 6.54 Å². The first kappa shape index (κ1) is 11.2. The van der Waals surface area contributed by atoms with Crippen LogP contribution in [0.15, 0.2) is 36.5 Å². The van der Waals surface area contributed by atoms with E-state index in [0.29, 0.717) is 12.2 Å². The van der Waals surface area contributed by atoms with E-state index in [9.17, 15) is 4.79 Å². The van der Waals surface area contributed by atoms with Gasteiger partial charge in [0.2, 0.25) is 0 Å². The summed E-state index contributed by atoms with van der Waals surface area (Å²) in [4.78, 5) is 11.8. The summed E-state index contributed by atoms with van der Waals surface area (Å²) in [6.45, 7) is 0.468. The van der Waals surface area contributed by atoms with Crippen LogP contribution in [0, 0.1) is 0 Å². The van der Waals surface area contributed by atoms with Gasteiger partial charge in [0.25, 0.3) is 5.91 Å². The van der Waals surface area contributed by atoms with Gasteiger partial charge in [-0.25, -0.2) is 0 Å². The molecule has 1 heterocycles. The van der Waals surface area contributed by atoms with Crippen LogP contribution in [-0.4, -0.2) is 15.7 Å². The molecule has 5 nitrogen and oxygen atoms in total. The van der Waals surface area contributed by atoms with Crippen molar-refractivity contribution in [1.82, 2.24) is 15.1 Å². The maximum atomic E-state index is 11.8. The smallest absolute Gasteiger partial charge is 0.274 e. The minimum atomic E-state index is -0.257. The molecule has 0 spiro atoms. The molecule has 0 atom stereocenters. The lowest BCUT2D eigenvalue weighted by atomic mass is 10.2. The Morgan fingerprint density at radius 2 is 2.12 bits per heavy atom. The molecular weight excluding hydrogens is 216 g/mol. The molecule has 1 amide bonds. The summed E-state index contributed by atoms with van der Waals surface area (Å²) in [5, 5.41) is 6.78. The molecule has 2 aromatic rings. The average Bonchev–Trinajstić information content (AvgIpc) is 2.67. The molecule has 3 N–H and O–H groups in total. The lowest BCUT2D eigenvalue weighted by molar-refractivity contribution is 0.0946. The van der Waals surface area contributed by atoms with Crippen LogP contribution in [0.25, 0.3) is 0 Å². The molecule has 0 aliphatic carbocycles. The highest BCUT2D eigenvalue weighted by Gasteiger charge is 2.13. The normalized spacial score (nSPS) is 10.2. The fraction of sp³-hybridized carbons (Fsp3) is 0.167. The van der Waals surface area contributed by atoms with Gasteiger partial charge in [-0.2, -0.15) is 5.10 Å². The Hall–Kier alpha value is -2.30. The van der Waals surface area contributed by atoms with Gasteiger partial charge in [-0.05, 0) is 5.56 Å². The molecule has 1 aromatic carbocycles. The minimum absolute atomic E-state index is 0.257. The second-order valence-electron chi connectivity index (χ2n) is 3.77. The van der Waals surface area contributed by atoms with Crippen molar-refractivity contribution < 1.29 is 4.79 Å². The lowest BCUT2D eigenvalue weighted by Crippen LogP contribution is -2.24. The molecule has 0 fully saturated rings. The minimum Gasteiger partial charge on any atom is -0.396 e. The molecule has 88 valence electrons. The standard InChI is InChI=1S/C12H14N4O/c1-16-8-10(13)11(15-16)12(17)14-7-9-5-3-2-4-6-9/h2-6,8H,7,13H2,1H3,(H,14,17). The molecule has 17 heavy (non-hydrogen) atoms. The SMILES string of the molecule is Cn1cc(N)c(C(=O)NCc2ccccc2)n1. The average molecular weight is 230 g/mol. The molecule has 5 heteroatoms. The number of nitrogens with one attached hydrogen (secondary N) is 1. The van der Waals surface area contributed by atoms with Crippen molar-refractivity contribution in [2.24, 2.45) is 7.05 Å². The monoisotopic (exact) mass is 230 g/mol. The summed E-state index contributed by atoms with van der Waals surface area (Å²) in [6, 6.07) is 9.68. The van der Waals surface area contributed by atoms with Gasteiger partial charge in [0.15, 0.2) is 5.69 Å². The molecule has 0 aliphatic rings. The molecule has 0 saturated carbocycles. The van der Waals surface area contributed by atoms with E-state index < -0.39 is 0 Å². The third kappa shape index (κ3) is 2.63. The molecule has 0 saturated heterocycles.